The van der Waals surface area contributed by atoms with E-state index in [1.54, 1.807) is 0 Å². The van der Waals surface area contributed by atoms with Crippen molar-refractivity contribution in [2.45, 2.75) is 19.6 Å². The largest absolute Gasteiger partial charge is 0.445 e. The molecular weight excluding hydrogens is 288 g/mol. The molecule has 2 rings (SSSR count). The standard InChI is InChI=1S/C19H24N2O2/c1-21(15-17-9-4-2-5-10-17)14-8-13-20-19(22)23-16-18-11-6-3-7-12-18/h2-7,9-12H,8,13-16H2,1H3,(H,20,22). The highest BCUT2D eigenvalue weighted by molar-refractivity contribution is 5.67. The number of benzene rings is 2. The highest BCUT2D eigenvalue weighted by Crippen LogP contribution is 2.03. The minimum absolute atomic E-state index is 0.306. The van der Waals surface area contributed by atoms with E-state index in [1.165, 1.54) is 5.56 Å². The maximum atomic E-state index is 11.6. The molecule has 1 amide bonds. The summed E-state index contributed by atoms with van der Waals surface area (Å²) in [7, 11) is 2.08. The molecule has 0 saturated carbocycles. The van der Waals surface area contributed by atoms with Gasteiger partial charge in [0.25, 0.3) is 0 Å². The molecule has 1 N–H and O–H groups in total. The highest BCUT2D eigenvalue weighted by atomic mass is 16.5. The topological polar surface area (TPSA) is 41.6 Å². The molecule has 0 bridgehead atoms. The van der Waals surface area contributed by atoms with Crippen molar-refractivity contribution in [2.24, 2.45) is 0 Å². The minimum atomic E-state index is -0.362. The van der Waals surface area contributed by atoms with Crippen molar-refractivity contribution in [2.75, 3.05) is 20.1 Å². The molecule has 0 aliphatic carbocycles. The second-order valence-corrected chi connectivity index (χ2v) is 5.57. The van der Waals surface area contributed by atoms with Crippen LogP contribution < -0.4 is 5.32 Å². The highest BCUT2D eigenvalue weighted by Gasteiger charge is 2.03. The second-order valence-electron chi connectivity index (χ2n) is 5.57. The summed E-state index contributed by atoms with van der Waals surface area (Å²) in [4.78, 5) is 13.8. The minimum Gasteiger partial charge on any atom is -0.445 e. The molecule has 0 aliphatic heterocycles. The van der Waals surface area contributed by atoms with E-state index in [0.717, 1.165) is 25.1 Å². The van der Waals surface area contributed by atoms with Gasteiger partial charge in [-0.15, -0.1) is 0 Å². The predicted octanol–water partition coefficient (Wildman–Crippen LogP) is 3.43. The molecule has 23 heavy (non-hydrogen) atoms. The number of carbonyl (C=O) groups excluding carboxylic acids is 1. The number of nitrogens with one attached hydrogen (secondary N) is 1. The lowest BCUT2D eigenvalue weighted by Crippen LogP contribution is -2.28. The van der Waals surface area contributed by atoms with Gasteiger partial charge in [0.1, 0.15) is 6.61 Å². The zero-order valence-corrected chi connectivity index (χ0v) is 13.6. The van der Waals surface area contributed by atoms with Crippen LogP contribution in [0.5, 0.6) is 0 Å². The smallest absolute Gasteiger partial charge is 0.407 e. The molecule has 0 spiro atoms. The Morgan fingerprint density at radius 1 is 1.00 bits per heavy atom. The fourth-order valence-corrected chi connectivity index (χ4v) is 2.29. The Morgan fingerprint density at radius 3 is 2.26 bits per heavy atom. The number of rotatable bonds is 8. The van der Waals surface area contributed by atoms with E-state index in [2.05, 4.69) is 29.4 Å². The molecule has 4 nitrogen and oxygen atoms in total. The summed E-state index contributed by atoms with van der Waals surface area (Å²) < 4.78 is 5.17. The van der Waals surface area contributed by atoms with E-state index >= 15 is 0 Å². The van der Waals surface area contributed by atoms with Gasteiger partial charge in [0.15, 0.2) is 0 Å². The summed E-state index contributed by atoms with van der Waals surface area (Å²) in [5, 5.41) is 2.78. The first-order valence-electron chi connectivity index (χ1n) is 7.91. The molecule has 0 unspecified atom stereocenters. The number of ether oxygens (including phenoxy) is 1. The summed E-state index contributed by atoms with van der Waals surface area (Å²) in [6.07, 6.45) is 0.531. The van der Waals surface area contributed by atoms with Gasteiger partial charge in [-0.1, -0.05) is 60.7 Å². The Kier molecular flexibility index (Phi) is 7.14. The van der Waals surface area contributed by atoms with Crippen LogP contribution in [0, 0.1) is 0 Å². The van der Waals surface area contributed by atoms with Crippen LogP contribution in [0.4, 0.5) is 4.79 Å². The van der Waals surface area contributed by atoms with E-state index in [1.807, 2.05) is 48.5 Å². The van der Waals surface area contributed by atoms with E-state index in [0.29, 0.717) is 13.2 Å². The lowest BCUT2D eigenvalue weighted by molar-refractivity contribution is 0.139. The maximum Gasteiger partial charge on any atom is 0.407 e. The third-order valence-electron chi connectivity index (χ3n) is 3.49. The van der Waals surface area contributed by atoms with Crippen LogP contribution in [0.3, 0.4) is 0 Å². The van der Waals surface area contributed by atoms with Crippen LogP contribution in [0.2, 0.25) is 0 Å². The van der Waals surface area contributed by atoms with Crippen LogP contribution in [-0.4, -0.2) is 31.1 Å². The van der Waals surface area contributed by atoms with E-state index < -0.39 is 0 Å². The molecule has 2 aromatic rings. The summed E-state index contributed by atoms with van der Waals surface area (Å²) in [5.74, 6) is 0. The first-order chi connectivity index (χ1) is 11.2. The van der Waals surface area contributed by atoms with Crippen molar-refractivity contribution in [3.05, 3.63) is 71.8 Å². The van der Waals surface area contributed by atoms with E-state index in [4.69, 9.17) is 4.74 Å². The molecule has 0 heterocycles. The molecule has 0 saturated heterocycles. The fraction of sp³-hybridized carbons (Fsp3) is 0.316. The molecular formula is C19H24N2O2. The molecule has 122 valence electrons. The van der Waals surface area contributed by atoms with Crippen molar-refractivity contribution >= 4 is 6.09 Å². The van der Waals surface area contributed by atoms with Gasteiger partial charge in [0.2, 0.25) is 0 Å². The molecule has 0 atom stereocenters. The van der Waals surface area contributed by atoms with Crippen LogP contribution >= 0.6 is 0 Å². The monoisotopic (exact) mass is 312 g/mol. The van der Waals surface area contributed by atoms with Crippen LogP contribution in [0.15, 0.2) is 60.7 Å². The normalized spacial score (nSPS) is 10.5. The number of amides is 1. The fourth-order valence-electron chi connectivity index (χ4n) is 2.29. The second kappa shape index (κ2) is 9.64. The lowest BCUT2D eigenvalue weighted by atomic mass is 10.2. The van der Waals surface area contributed by atoms with Crippen molar-refractivity contribution in [3.8, 4) is 0 Å². The summed E-state index contributed by atoms with van der Waals surface area (Å²) in [5.41, 5.74) is 2.29. The van der Waals surface area contributed by atoms with E-state index in [9.17, 15) is 4.79 Å². The predicted molar refractivity (Wildman–Crippen MR) is 92.0 cm³/mol. The molecule has 0 aliphatic rings. The van der Waals surface area contributed by atoms with Crippen LogP contribution in [0.1, 0.15) is 17.5 Å². The van der Waals surface area contributed by atoms with Crippen LogP contribution in [-0.2, 0) is 17.9 Å². The Labute approximate surface area is 138 Å². The van der Waals surface area contributed by atoms with Gasteiger partial charge in [0, 0.05) is 13.1 Å². The molecule has 0 fully saturated rings. The molecule has 4 heteroatoms. The van der Waals surface area contributed by atoms with Gasteiger partial charge in [0.05, 0.1) is 0 Å². The number of alkyl carbamates (subject to hydrolysis) is 1. The third-order valence-corrected chi connectivity index (χ3v) is 3.49. The first kappa shape index (κ1) is 17.0. The molecule has 0 radical (unpaired) electrons. The maximum absolute atomic E-state index is 11.6. The van der Waals surface area contributed by atoms with Crippen molar-refractivity contribution < 1.29 is 9.53 Å². The number of hydrogen-bond donors (Lipinski definition) is 1. The Hall–Kier alpha value is -2.33. The van der Waals surface area contributed by atoms with E-state index in [-0.39, 0.29) is 6.09 Å². The average molecular weight is 312 g/mol. The number of nitrogens with zero attached hydrogens (tertiary/aromatic N) is 1. The third kappa shape index (κ3) is 6.98. The van der Waals surface area contributed by atoms with Crippen molar-refractivity contribution in [1.82, 2.24) is 10.2 Å². The first-order valence-corrected chi connectivity index (χ1v) is 7.91. The van der Waals surface area contributed by atoms with Gasteiger partial charge < -0.3 is 15.0 Å². The van der Waals surface area contributed by atoms with Gasteiger partial charge >= 0.3 is 6.09 Å². The lowest BCUT2D eigenvalue weighted by Gasteiger charge is -2.16. The average Bonchev–Trinajstić information content (AvgIpc) is 2.59. The number of hydrogen-bond acceptors (Lipinski definition) is 3. The Bertz CT molecular complexity index is 572. The summed E-state index contributed by atoms with van der Waals surface area (Å²) >= 11 is 0. The Balaban J connectivity index is 1.55. The SMILES string of the molecule is CN(CCCNC(=O)OCc1ccccc1)Cc1ccccc1. The Morgan fingerprint density at radius 2 is 1.61 bits per heavy atom. The van der Waals surface area contributed by atoms with Gasteiger partial charge in [-0.3, -0.25) is 0 Å². The van der Waals surface area contributed by atoms with Gasteiger partial charge in [-0.05, 0) is 31.1 Å². The zero-order chi connectivity index (χ0) is 16.3. The van der Waals surface area contributed by atoms with Crippen molar-refractivity contribution in [1.29, 1.82) is 0 Å². The molecule has 2 aromatic carbocycles. The van der Waals surface area contributed by atoms with Crippen LogP contribution in [0.25, 0.3) is 0 Å². The van der Waals surface area contributed by atoms with Gasteiger partial charge in [-0.2, -0.15) is 0 Å². The molecule has 0 aromatic heterocycles. The number of carbonyl (C=O) groups is 1. The zero-order valence-electron chi connectivity index (χ0n) is 13.6. The quantitative estimate of drug-likeness (QED) is 0.759. The van der Waals surface area contributed by atoms with Gasteiger partial charge in [-0.25, -0.2) is 4.79 Å². The van der Waals surface area contributed by atoms with Crippen molar-refractivity contribution in [3.63, 3.8) is 0 Å². The summed E-state index contributed by atoms with van der Waals surface area (Å²) in [6, 6.07) is 20.0. The summed E-state index contributed by atoms with van der Waals surface area (Å²) in [6.45, 7) is 2.76.